The topological polar surface area (TPSA) is 110 Å². The number of hydrazone groups is 1. The van der Waals surface area contributed by atoms with E-state index in [-0.39, 0.29) is 13.2 Å². The molecule has 11 heteroatoms. The second-order valence-corrected chi connectivity index (χ2v) is 10.4. The van der Waals surface area contributed by atoms with Gasteiger partial charge in [0, 0.05) is 11.3 Å². The largest absolute Gasteiger partial charge is 0.488 e. The van der Waals surface area contributed by atoms with E-state index < -0.39 is 17.9 Å². The maximum absolute atomic E-state index is 12.7. The van der Waals surface area contributed by atoms with Crippen molar-refractivity contribution in [1.82, 2.24) is 16.1 Å². The maximum Gasteiger partial charge on any atom is 0.338 e. The molecule has 0 saturated carbocycles. The van der Waals surface area contributed by atoms with Crippen LogP contribution in [0.4, 0.5) is 0 Å². The SMILES string of the molecule is CCOC(=O)C1=C(C)NC(=S)N[C@H]1c1ccccc1OCC(=O)NN=Cc1ccc(OCc2ccccc2)c(I)c1. The third-order valence-corrected chi connectivity index (χ3v) is 7.01. The van der Waals surface area contributed by atoms with E-state index in [0.717, 1.165) is 20.4 Å². The predicted octanol–water partition coefficient (Wildman–Crippen LogP) is 4.76. The highest BCUT2D eigenvalue weighted by molar-refractivity contribution is 14.1. The number of halogens is 1. The van der Waals surface area contributed by atoms with Crippen LogP contribution in [-0.4, -0.2) is 36.4 Å². The highest BCUT2D eigenvalue weighted by Gasteiger charge is 2.32. The number of para-hydroxylation sites is 1. The molecule has 0 unspecified atom stereocenters. The molecule has 0 bridgehead atoms. The molecular weight excluding hydrogens is 655 g/mol. The Morgan fingerprint density at radius 3 is 2.56 bits per heavy atom. The summed E-state index contributed by atoms with van der Waals surface area (Å²) in [5.41, 5.74) is 5.98. The first-order chi connectivity index (χ1) is 19.9. The fourth-order valence-corrected chi connectivity index (χ4v) is 5.03. The van der Waals surface area contributed by atoms with Gasteiger partial charge in [0.25, 0.3) is 5.91 Å². The minimum absolute atomic E-state index is 0.233. The highest BCUT2D eigenvalue weighted by Crippen LogP contribution is 2.33. The molecule has 212 valence electrons. The zero-order valence-electron chi connectivity index (χ0n) is 22.5. The number of benzene rings is 3. The highest BCUT2D eigenvalue weighted by atomic mass is 127. The van der Waals surface area contributed by atoms with Crippen molar-refractivity contribution in [1.29, 1.82) is 0 Å². The molecule has 3 aromatic carbocycles. The summed E-state index contributed by atoms with van der Waals surface area (Å²) in [7, 11) is 0. The van der Waals surface area contributed by atoms with Crippen LogP contribution < -0.4 is 25.5 Å². The minimum atomic E-state index is -0.609. The van der Waals surface area contributed by atoms with Gasteiger partial charge in [-0.2, -0.15) is 5.10 Å². The van der Waals surface area contributed by atoms with Crippen molar-refractivity contribution in [2.24, 2.45) is 5.10 Å². The lowest BCUT2D eigenvalue weighted by Gasteiger charge is -2.30. The molecule has 0 spiro atoms. The molecule has 3 aromatic rings. The van der Waals surface area contributed by atoms with E-state index in [0.29, 0.717) is 34.3 Å². The van der Waals surface area contributed by atoms with E-state index in [9.17, 15) is 9.59 Å². The van der Waals surface area contributed by atoms with Crippen LogP contribution in [0.15, 0.2) is 89.2 Å². The molecule has 0 fully saturated rings. The Hall–Kier alpha value is -3.97. The first-order valence-electron chi connectivity index (χ1n) is 12.8. The molecule has 1 aliphatic heterocycles. The van der Waals surface area contributed by atoms with Crippen molar-refractivity contribution >= 4 is 58.0 Å². The number of nitrogens with one attached hydrogen (secondary N) is 3. The van der Waals surface area contributed by atoms with Crippen LogP contribution in [0.3, 0.4) is 0 Å². The third-order valence-electron chi connectivity index (χ3n) is 5.95. The summed E-state index contributed by atoms with van der Waals surface area (Å²) in [5.74, 6) is 0.274. The van der Waals surface area contributed by atoms with Crippen LogP contribution >= 0.6 is 34.8 Å². The van der Waals surface area contributed by atoms with Gasteiger partial charge in [-0.25, -0.2) is 10.2 Å². The monoisotopic (exact) mass is 684 g/mol. The van der Waals surface area contributed by atoms with Crippen molar-refractivity contribution in [3.8, 4) is 11.5 Å². The van der Waals surface area contributed by atoms with Gasteiger partial charge in [0.2, 0.25) is 0 Å². The van der Waals surface area contributed by atoms with Gasteiger partial charge in [-0.1, -0.05) is 48.5 Å². The van der Waals surface area contributed by atoms with Crippen molar-refractivity contribution in [2.45, 2.75) is 26.5 Å². The predicted molar refractivity (Wildman–Crippen MR) is 169 cm³/mol. The molecule has 0 radical (unpaired) electrons. The van der Waals surface area contributed by atoms with Gasteiger partial charge >= 0.3 is 5.97 Å². The van der Waals surface area contributed by atoms with Crippen LogP contribution in [0.1, 0.15) is 36.6 Å². The van der Waals surface area contributed by atoms with Gasteiger partial charge in [0.1, 0.15) is 18.1 Å². The zero-order chi connectivity index (χ0) is 29.2. The molecule has 1 amide bonds. The number of hydrogen-bond donors (Lipinski definition) is 3. The summed E-state index contributed by atoms with van der Waals surface area (Å²) in [4.78, 5) is 25.2. The van der Waals surface area contributed by atoms with E-state index in [1.165, 1.54) is 0 Å². The van der Waals surface area contributed by atoms with E-state index in [4.69, 9.17) is 26.4 Å². The normalized spacial score (nSPS) is 14.7. The van der Waals surface area contributed by atoms with E-state index in [2.05, 4.69) is 43.8 Å². The Morgan fingerprint density at radius 1 is 1.05 bits per heavy atom. The Kier molecular flexibility index (Phi) is 10.7. The summed E-state index contributed by atoms with van der Waals surface area (Å²) in [6.45, 7) is 3.92. The summed E-state index contributed by atoms with van der Waals surface area (Å²) in [5, 5.41) is 10.5. The molecular formula is C30H29IN4O5S. The van der Waals surface area contributed by atoms with Crippen LogP contribution in [0.5, 0.6) is 11.5 Å². The lowest BCUT2D eigenvalue weighted by atomic mass is 9.95. The minimum Gasteiger partial charge on any atom is -0.488 e. The van der Waals surface area contributed by atoms with Crippen LogP contribution in [0, 0.1) is 3.57 Å². The Labute approximate surface area is 257 Å². The molecule has 3 N–H and O–H groups in total. The van der Waals surface area contributed by atoms with Crippen LogP contribution in [0.2, 0.25) is 0 Å². The standard InChI is InChI=1S/C30H29IN4O5S/c1-3-38-29(37)27-19(2)33-30(41)34-28(27)22-11-7-8-12-24(22)40-18-26(36)35-32-16-21-13-14-25(23(31)15-21)39-17-20-9-5-4-6-10-20/h4-16,28H,3,17-18H2,1-2H3,(H,35,36)(H2,33,34,41)/t28-/m0/s1. The number of thiocarbonyl (C=S) groups is 1. The number of ether oxygens (including phenoxy) is 3. The summed E-state index contributed by atoms with van der Waals surface area (Å²) in [6, 6.07) is 22.1. The van der Waals surface area contributed by atoms with Gasteiger partial charge in [-0.15, -0.1) is 0 Å². The Morgan fingerprint density at radius 2 is 1.80 bits per heavy atom. The van der Waals surface area contributed by atoms with Crippen LogP contribution in [0.25, 0.3) is 0 Å². The zero-order valence-corrected chi connectivity index (χ0v) is 25.5. The summed E-state index contributed by atoms with van der Waals surface area (Å²) in [6.07, 6.45) is 1.55. The number of carbonyl (C=O) groups excluding carboxylic acids is 2. The smallest absolute Gasteiger partial charge is 0.338 e. The lowest BCUT2D eigenvalue weighted by Crippen LogP contribution is -2.45. The third kappa shape index (κ3) is 8.27. The van der Waals surface area contributed by atoms with Gasteiger partial charge in [-0.3, -0.25) is 4.79 Å². The summed E-state index contributed by atoms with van der Waals surface area (Å²) >= 11 is 7.52. The van der Waals surface area contributed by atoms with E-state index in [1.807, 2.05) is 54.6 Å². The summed E-state index contributed by atoms with van der Waals surface area (Å²) < 4.78 is 17.9. The maximum atomic E-state index is 12.7. The number of hydrogen-bond acceptors (Lipinski definition) is 7. The molecule has 41 heavy (non-hydrogen) atoms. The molecule has 9 nitrogen and oxygen atoms in total. The van der Waals surface area contributed by atoms with E-state index >= 15 is 0 Å². The van der Waals surface area contributed by atoms with Gasteiger partial charge in [0.05, 0.1) is 28.0 Å². The first kappa shape index (κ1) is 30.0. The molecule has 1 aliphatic rings. The first-order valence-corrected chi connectivity index (χ1v) is 14.3. The quantitative estimate of drug-likeness (QED) is 0.0874. The van der Waals surface area contributed by atoms with Gasteiger partial charge < -0.3 is 24.8 Å². The average Bonchev–Trinajstić information content (AvgIpc) is 2.96. The lowest BCUT2D eigenvalue weighted by molar-refractivity contribution is -0.139. The fourth-order valence-electron chi connectivity index (χ4n) is 4.06. The molecule has 1 atom stereocenters. The molecule has 0 saturated heterocycles. The molecule has 0 aliphatic carbocycles. The molecule has 4 rings (SSSR count). The van der Waals surface area contributed by atoms with Gasteiger partial charge in [0.15, 0.2) is 11.7 Å². The number of nitrogens with zero attached hydrogens (tertiary/aromatic N) is 1. The molecule has 1 heterocycles. The second-order valence-electron chi connectivity index (χ2n) is 8.87. The van der Waals surface area contributed by atoms with E-state index in [1.54, 1.807) is 38.3 Å². The fraction of sp³-hybridized carbons (Fsp3) is 0.200. The van der Waals surface area contributed by atoms with Crippen LogP contribution in [-0.2, 0) is 20.9 Å². The van der Waals surface area contributed by atoms with Crippen molar-refractivity contribution in [2.75, 3.05) is 13.2 Å². The van der Waals surface area contributed by atoms with Gasteiger partial charge in [-0.05, 0) is 84.0 Å². The second kappa shape index (κ2) is 14.6. The van der Waals surface area contributed by atoms with Crippen molar-refractivity contribution in [3.05, 3.63) is 104 Å². The molecule has 0 aromatic heterocycles. The Balaban J connectivity index is 1.35. The number of carbonyl (C=O) groups is 2. The average molecular weight is 685 g/mol. The van der Waals surface area contributed by atoms with Crippen molar-refractivity contribution < 1.29 is 23.8 Å². The number of rotatable bonds is 11. The van der Waals surface area contributed by atoms with Crippen molar-refractivity contribution in [3.63, 3.8) is 0 Å². The number of amides is 1. The number of allylic oxidation sites excluding steroid dienone is 1. The Bertz CT molecular complexity index is 1480. The number of esters is 1.